The first kappa shape index (κ1) is 15.3. The summed E-state index contributed by atoms with van der Waals surface area (Å²) in [5, 5.41) is 3.04. The average Bonchev–Trinajstić information content (AvgIpc) is 2.43. The molecule has 2 amide bonds. The monoisotopic (exact) mass is 290 g/mol. The van der Waals surface area contributed by atoms with Crippen LogP contribution in [-0.2, 0) is 16.0 Å². The van der Waals surface area contributed by atoms with Gasteiger partial charge in [0.25, 0.3) is 0 Å². The number of rotatable bonds is 5. The molecule has 1 aliphatic heterocycles. The van der Waals surface area contributed by atoms with Gasteiger partial charge in [0.1, 0.15) is 0 Å². The van der Waals surface area contributed by atoms with E-state index in [1.165, 1.54) is 0 Å². The van der Waals surface area contributed by atoms with Gasteiger partial charge in [-0.15, -0.1) is 0 Å². The summed E-state index contributed by atoms with van der Waals surface area (Å²) in [6, 6.07) is 7.50. The number of hydrogen-bond acceptors (Lipinski definition) is 4. The second kappa shape index (κ2) is 7.08. The second-order valence-corrected chi connectivity index (χ2v) is 5.50. The van der Waals surface area contributed by atoms with Crippen LogP contribution in [0.4, 0.5) is 5.69 Å². The number of hydrogen-bond donors (Lipinski definition) is 3. The molecule has 21 heavy (non-hydrogen) atoms. The predicted octanol–water partition coefficient (Wildman–Crippen LogP) is -0.123. The molecule has 0 bridgehead atoms. The first-order valence-corrected chi connectivity index (χ1v) is 7.17. The van der Waals surface area contributed by atoms with Crippen LogP contribution in [0.3, 0.4) is 0 Å². The van der Waals surface area contributed by atoms with Crippen LogP contribution in [-0.4, -0.2) is 42.4 Å². The Bertz CT molecular complexity index is 493. The standard InChI is InChI=1S/C15H22N4O2/c16-12-3-1-11(2-4-12)9-15(21)18-13-5-7-19(8-6-13)10-14(17)20/h1-4,13H,5-10,16H2,(H2,17,20)(H,18,21). The number of primary amides is 1. The fourth-order valence-electron chi connectivity index (χ4n) is 2.56. The van der Waals surface area contributed by atoms with Crippen LogP contribution in [0.1, 0.15) is 18.4 Å². The Morgan fingerprint density at radius 3 is 2.38 bits per heavy atom. The van der Waals surface area contributed by atoms with Gasteiger partial charge in [0.2, 0.25) is 11.8 Å². The largest absolute Gasteiger partial charge is 0.399 e. The van der Waals surface area contributed by atoms with Gasteiger partial charge in [0.05, 0.1) is 13.0 Å². The van der Waals surface area contributed by atoms with Crippen molar-refractivity contribution in [2.24, 2.45) is 5.73 Å². The lowest BCUT2D eigenvalue weighted by atomic mass is 10.0. The summed E-state index contributed by atoms with van der Waals surface area (Å²) in [5.41, 5.74) is 12.4. The minimum absolute atomic E-state index is 0.0214. The van der Waals surface area contributed by atoms with Crippen molar-refractivity contribution in [3.63, 3.8) is 0 Å². The minimum Gasteiger partial charge on any atom is -0.399 e. The zero-order valence-electron chi connectivity index (χ0n) is 12.0. The summed E-state index contributed by atoms with van der Waals surface area (Å²) in [6.45, 7) is 1.87. The molecular weight excluding hydrogens is 268 g/mol. The topological polar surface area (TPSA) is 101 Å². The van der Waals surface area contributed by atoms with Crippen LogP contribution in [0.2, 0.25) is 0 Å². The third-order valence-corrected chi connectivity index (χ3v) is 3.68. The van der Waals surface area contributed by atoms with Crippen molar-refractivity contribution < 1.29 is 9.59 Å². The molecule has 1 heterocycles. The van der Waals surface area contributed by atoms with Crippen molar-refractivity contribution in [2.75, 3.05) is 25.4 Å². The van der Waals surface area contributed by atoms with Crippen molar-refractivity contribution in [2.45, 2.75) is 25.3 Å². The summed E-state index contributed by atoms with van der Waals surface area (Å²) < 4.78 is 0. The van der Waals surface area contributed by atoms with Crippen LogP contribution in [0.5, 0.6) is 0 Å². The van der Waals surface area contributed by atoms with Crippen molar-refractivity contribution in [1.29, 1.82) is 0 Å². The second-order valence-electron chi connectivity index (χ2n) is 5.50. The molecule has 1 saturated heterocycles. The number of likely N-dealkylation sites (tertiary alicyclic amines) is 1. The van der Waals surface area contributed by atoms with E-state index in [1.807, 2.05) is 17.0 Å². The molecule has 114 valence electrons. The lowest BCUT2D eigenvalue weighted by Gasteiger charge is -2.31. The van der Waals surface area contributed by atoms with E-state index in [0.29, 0.717) is 18.7 Å². The maximum absolute atomic E-state index is 12.0. The number of anilines is 1. The normalized spacial score (nSPS) is 16.6. The van der Waals surface area contributed by atoms with E-state index in [-0.39, 0.29) is 17.9 Å². The van der Waals surface area contributed by atoms with Gasteiger partial charge in [-0.3, -0.25) is 14.5 Å². The SMILES string of the molecule is NC(=O)CN1CCC(NC(=O)Cc2ccc(N)cc2)CC1. The molecule has 0 aliphatic carbocycles. The number of amides is 2. The van der Waals surface area contributed by atoms with Gasteiger partial charge < -0.3 is 16.8 Å². The van der Waals surface area contributed by atoms with E-state index in [0.717, 1.165) is 31.5 Å². The van der Waals surface area contributed by atoms with E-state index in [4.69, 9.17) is 11.5 Å². The molecule has 0 aromatic heterocycles. The number of nitrogens with two attached hydrogens (primary N) is 2. The van der Waals surface area contributed by atoms with Crippen molar-refractivity contribution in [3.05, 3.63) is 29.8 Å². The lowest BCUT2D eigenvalue weighted by Crippen LogP contribution is -2.47. The molecule has 0 unspecified atom stereocenters. The Kier molecular flexibility index (Phi) is 5.16. The van der Waals surface area contributed by atoms with Gasteiger partial charge in [-0.2, -0.15) is 0 Å². The van der Waals surface area contributed by atoms with Crippen molar-refractivity contribution in [3.8, 4) is 0 Å². The van der Waals surface area contributed by atoms with E-state index >= 15 is 0 Å². The summed E-state index contributed by atoms with van der Waals surface area (Å²) in [7, 11) is 0. The van der Waals surface area contributed by atoms with E-state index in [2.05, 4.69) is 5.32 Å². The third kappa shape index (κ3) is 5.07. The highest BCUT2D eigenvalue weighted by Crippen LogP contribution is 2.11. The highest BCUT2D eigenvalue weighted by molar-refractivity contribution is 5.79. The number of carbonyl (C=O) groups is 2. The zero-order chi connectivity index (χ0) is 15.2. The van der Waals surface area contributed by atoms with Gasteiger partial charge in [-0.1, -0.05) is 12.1 Å². The molecule has 2 rings (SSSR count). The van der Waals surface area contributed by atoms with Gasteiger partial charge in [0, 0.05) is 24.8 Å². The highest BCUT2D eigenvalue weighted by atomic mass is 16.2. The predicted molar refractivity (Wildman–Crippen MR) is 81.4 cm³/mol. The zero-order valence-corrected chi connectivity index (χ0v) is 12.0. The Morgan fingerprint density at radius 2 is 1.81 bits per heavy atom. The quantitative estimate of drug-likeness (QED) is 0.658. The number of nitrogen functional groups attached to an aromatic ring is 1. The average molecular weight is 290 g/mol. The Balaban J connectivity index is 1.74. The van der Waals surface area contributed by atoms with Gasteiger partial charge in [-0.05, 0) is 30.5 Å². The Labute approximate surface area is 124 Å². The Hall–Kier alpha value is -2.08. The van der Waals surface area contributed by atoms with Crippen LogP contribution < -0.4 is 16.8 Å². The molecule has 1 aliphatic rings. The molecular formula is C15H22N4O2. The molecule has 6 nitrogen and oxygen atoms in total. The summed E-state index contributed by atoms with van der Waals surface area (Å²) in [5.74, 6) is -0.283. The lowest BCUT2D eigenvalue weighted by molar-refractivity contribution is -0.122. The Morgan fingerprint density at radius 1 is 1.19 bits per heavy atom. The third-order valence-electron chi connectivity index (χ3n) is 3.68. The maximum Gasteiger partial charge on any atom is 0.231 e. The summed E-state index contributed by atoms with van der Waals surface area (Å²) >= 11 is 0. The number of nitrogens with zero attached hydrogens (tertiary/aromatic N) is 1. The maximum atomic E-state index is 12.0. The summed E-state index contributed by atoms with van der Waals surface area (Å²) in [4.78, 5) is 24.9. The fourth-order valence-corrected chi connectivity index (χ4v) is 2.56. The molecule has 1 fully saturated rings. The van der Waals surface area contributed by atoms with E-state index in [1.54, 1.807) is 12.1 Å². The fraction of sp³-hybridized carbons (Fsp3) is 0.467. The van der Waals surface area contributed by atoms with Crippen LogP contribution >= 0.6 is 0 Å². The molecule has 0 saturated carbocycles. The van der Waals surface area contributed by atoms with Gasteiger partial charge >= 0.3 is 0 Å². The first-order valence-electron chi connectivity index (χ1n) is 7.17. The molecule has 6 heteroatoms. The molecule has 0 atom stereocenters. The number of piperidine rings is 1. The molecule has 1 aromatic rings. The van der Waals surface area contributed by atoms with E-state index in [9.17, 15) is 9.59 Å². The molecule has 0 radical (unpaired) electrons. The minimum atomic E-state index is -0.305. The van der Waals surface area contributed by atoms with Crippen LogP contribution in [0.15, 0.2) is 24.3 Å². The van der Waals surface area contributed by atoms with Crippen LogP contribution in [0, 0.1) is 0 Å². The number of nitrogens with one attached hydrogen (secondary N) is 1. The number of carbonyl (C=O) groups excluding carboxylic acids is 2. The molecule has 0 spiro atoms. The highest BCUT2D eigenvalue weighted by Gasteiger charge is 2.21. The van der Waals surface area contributed by atoms with Crippen molar-refractivity contribution in [1.82, 2.24) is 10.2 Å². The smallest absolute Gasteiger partial charge is 0.231 e. The molecule has 5 N–H and O–H groups in total. The summed E-state index contributed by atoms with van der Waals surface area (Å²) in [6.07, 6.45) is 2.06. The van der Waals surface area contributed by atoms with Gasteiger partial charge in [-0.25, -0.2) is 0 Å². The number of benzene rings is 1. The van der Waals surface area contributed by atoms with Crippen LogP contribution in [0.25, 0.3) is 0 Å². The van der Waals surface area contributed by atoms with Crippen molar-refractivity contribution >= 4 is 17.5 Å². The first-order chi connectivity index (χ1) is 10.0. The van der Waals surface area contributed by atoms with Gasteiger partial charge in [0.15, 0.2) is 0 Å². The molecule has 1 aromatic carbocycles. The van der Waals surface area contributed by atoms with E-state index < -0.39 is 0 Å².